The number of fused-ring (bicyclic) bond motifs is 1. The minimum absolute atomic E-state index is 0.00453. The Balaban J connectivity index is 1.79. The molecule has 0 aliphatic rings. The second-order valence-electron chi connectivity index (χ2n) is 8.08. The van der Waals surface area contributed by atoms with Gasteiger partial charge in [-0.25, -0.2) is 0 Å². The monoisotopic (exact) mass is 573 g/mol. The fourth-order valence-corrected chi connectivity index (χ4v) is 5.30. The number of hydrogen-bond donors (Lipinski definition) is 3. The summed E-state index contributed by atoms with van der Waals surface area (Å²) in [6, 6.07) is 15.6. The molecular formula is C26H21Cl2N3O6S. The molecule has 0 heterocycles. The minimum Gasteiger partial charge on any atom is -0.505 e. The van der Waals surface area contributed by atoms with E-state index in [-0.39, 0.29) is 38.8 Å². The van der Waals surface area contributed by atoms with E-state index >= 15 is 0 Å². The summed E-state index contributed by atoms with van der Waals surface area (Å²) in [5, 5.41) is 23.5. The molecule has 9 nitrogen and oxygen atoms in total. The van der Waals surface area contributed by atoms with Gasteiger partial charge >= 0.3 is 0 Å². The van der Waals surface area contributed by atoms with Crippen LogP contribution in [-0.2, 0) is 16.5 Å². The summed E-state index contributed by atoms with van der Waals surface area (Å²) in [4.78, 5) is 12.8. The van der Waals surface area contributed by atoms with Gasteiger partial charge in [0.1, 0.15) is 17.1 Å². The maximum absolute atomic E-state index is 13.2. The normalized spacial score (nSPS) is 11.7. The number of nitrogens with zero attached hydrogens (tertiary/aromatic N) is 2. The van der Waals surface area contributed by atoms with E-state index in [4.69, 9.17) is 27.9 Å². The zero-order chi connectivity index (χ0) is 27.6. The number of carbonyl (C=O) groups excluding carboxylic acids is 1. The van der Waals surface area contributed by atoms with Crippen molar-refractivity contribution in [3.8, 4) is 11.5 Å². The summed E-state index contributed by atoms with van der Waals surface area (Å²) in [7, 11) is -3.03. The highest BCUT2D eigenvalue weighted by Crippen LogP contribution is 2.41. The fourth-order valence-electron chi connectivity index (χ4n) is 3.89. The van der Waals surface area contributed by atoms with Crippen LogP contribution in [0.1, 0.15) is 22.8 Å². The number of aromatic hydroxyl groups is 1. The molecule has 38 heavy (non-hydrogen) atoms. The van der Waals surface area contributed by atoms with Crippen LogP contribution in [0.2, 0.25) is 10.0 Å². The second kappa shape index (κ2) is 11.0. The summed E-state index contributed by atoms with van der Waals surface area (Å²) in [6.07, 6.45) is 0.204. The third-order valence-corrected chi connectivity index (χ3v) is 7.25. The van der Waals surface area contributed by atoms with Crippen molar-refractivity contribution in [3.05, 3.63) is 81.8 Å². The van der Waals surface area contributed by atoms with Gasteiger partial charge in [0.05, 0.1) is 22.6 Å². The third-order valence-electron chi connectivity index (χ3n) is 5.67. The zero-order valence-electron chi connectivity index (χ0n) is 20.1. The van der Waals surface area contributed by atoms with E-state index in [1.807, 2.05) is 0 Å². The van der Waals surface area contributed by atoms with Gasteiger partial charge in [-0.1, -0.05) is 54.4 Å². The Hall–Kier alpha value is -3.70. The molecule has 0 aliphatic carbocycles. The van der Waals surface area contributed by atoms with Crippen molar-refractivity contribution < 1.29 is 27.6 Å². The number of ether oxygens (including phenoxy) is 1. The number of carbonyl (C=O) groups is 1. The molecule has 0 saturated heterocycles. The van der Waals surface area contributed by atoms with Crippen molar-refractivity contribution in [2.45, 2.75) is 18.2 Å². The Morgan fingerprint density at radius 2 is 1.79 bits per heavy atom. The van der Waals surface area contributed by atoms with Crippen LogP contribution in [0.15, 0.2) is 75.8 Å². The third kappa shape index (κ3) is 5.58. The summed E-state index contributed by atoms with van der Waals surface area (Å²) in [5.74, 6) is -0.619. The number of hydrogen-bond acceptors (Lipinski definition) is 7. The lowest BCUT2D eigenvalue weighted by Crippen LogP contribution is -2.12. The van der Waals surface area contributed by atoms with Gasteiger partial charge in [-0.3, -0.25) is 9.35 Å². The molecular weight excluding hydrogens is 553 g/mol. The molecule has 3 N–H and O–H groups in total. The zero-order valence-corrected chi connectivity index (χ0v) is 22.4. The van der Waals surface area contributed by atoms with Crippen molar-refractivity contribution in [2.75, 3.05) is 12.4 Å². The number of phenols is 1. The Bertz CT molecular complexity index is 1710. The van der Waals surface area contributed by atoms with Crippen LogP contribution >= 0.6 is 23.2 Å². The lowest BCUT2D eigenvalue weighted by Gasteiger charge is -2.12. The van der Waals surface area contributed by atoms with E-state index < -0.39 is 21.8 Å². The van der Waals surface area contributed by atoms with Crippen LogP contribution in [0.3, 0.4) is 0 Å². The lowest BCUT2D eigenvalue weighted by atomic mass is 10.0. The first kappa shape index (κ1) is 27.3. The average Bonchev–Trinajstić information content (AvgIpc) is 2.87. The molecule has 1 amide bonds. The summed E-state index contributed by atoms with van der Waals surface area (Å²) in [6.45, 7) is 1.67. The molecule has 0 unspecified atom stereocenters. The van der Waals surface area contributed by atoms with Gasteiger partial charge in [-0.05, 0) is 47.7 Å². The van der Waals surface area contributed by atoms with Crippen LogP contribution in [0.25, 0.3) is 10.8 Å². The Morgan fingerprint density at radius 1 is 1.05 bits per heavy atom. The van der Waals surface area contributed by atoms with Gasteiger partial charge in [0.2, 0.25) is 0 Å². The van der Waals surface area contributed by atoms with E-state index in [1.54, 1.807) is 43.3 Å². The Morgan fingerprint density at radius 3 is 2.47 bits per heavy atom. The first-order valence-electron chi connectivity index (χ1n) is 11.1. The molecule has 196 valence electrons. The van der Waals surface area contributed by atoms with Crippen LogP contribution in [0.5, 0.6) is 11.5 Å². The van der Waals surface area contributed by atoms with Crippen molar-refractivity contribution in [1.29, 1.82) is 0 Å². The summed E-state index contributed by atoms with van der Waals surface area (Å²) in [5.41, 5.74) is 0.571. The number of benzene rings is 4. The number of anilines is 1. The molecule has 4 aromatic rings. The Kier molecular flexibility index (Phi) is 7.89. The average molecular weight is 574 g/mol. The van der Waals surface area contributed by atoms with E-state index in [2.05, 4.69) is 15.5 Å². The number of halogens is 2. The predicted molar refractivity (Wildman–Crippen MR) is 146 cm³/mol. The molecule has 4 aromatic carbocycles. The number of phenolic OH excluding ortho intramolecular Hbond substituents is 1. The van der Waals surface area contributed by atoms with Gasteiger partial charge in [0, 0.05) is 22.2 Å². The molecule has 0 atom stereocenters. The summed E-state index contributed by atoms with van der Waals surface area (Å²) < 4.78 is 38.0. The van der Waals surface area contributed by atoms with Gasteiger partial charge in [-0.15, -0.1) is 10.2 Å². The molecule has 0 fully saturated rings. The van der Waals surface area contributed by atoms with Crippen molar-refractivity contribution in [1.82, 2.24) is 0 Å². The van der Waals surface area contributed by atoms with Crippen LogP contribution in [-0.4, -0.2) is 31.1 Å². The number of azo groups is 1. The lowest BCUT2D eigenvalue weighted by molar-refractivity contribution is 0.102. The minimum atomic E-state index is -4.49. The molecule has 0 aliphatic heterocycles. The first-order chi connectivity index (χ1) is 18.0. The van der Waals surface area contributed by atoms with E-state index in [1.165, 1.54) is 31.4 Å². The van der Waals surface area contributed by atoms with Crippen molar-refractivity contribution in [2.24, 2.45) is 10.2 Å². The maximum atomic E-state index is 13.2. The smallest absolute Gasteiger partial charge is 0.294 e. The fraction of sp³-hybridized carbons (Fsp3) is 0.115. The van der Waals surface area contributed by atoms with Crippen LogP contribution in [0, 0.1) is 0 Å². The molecule has 12 heteroatoms. The topological polar surface area (TPSA) is 138 Å². The van der Waals surface area contributed by atoms with E-state index in [0.29, 0.717) is 27.2 Å². The van der Waals surface area contributed by atoms with Gasteiger partial charge in [-0.2, -0.15) is 8.42 Å². The number of methoxy groups -OCH3 is 1. The SMILES string of the molecule is CCc1c(S(=O)(=O)O)ccc(N=Nc2c(O)c(C(=O)Nc3cc(Cl)cc(OC)c3)cc3ccccc23)c1Cl. The van der Waals surface area contributed by atoms with E-state index in [9.17, 15) is 22.9 Å². The second-order valence-corrected chi connectivity index (χ2v) is 10.3. The molecule has 4 rings (SSSR count). The highest BCUT2D eigenvalue weighted by atomic mass is 35.5. The highest BCUT2D eigenvalue weighted by molar-refractivity contribution is 7.85. The standard InChI is InChI=1S/C26H21Cl2N3O6S/c1-3-18-22(38(34,35)36)9-8-21(23(18)28)30-31-24-19-7-5-4-6-14(19)10-20(25(24)32)26(33)29-16-11-15(27)12-17(13-16)37-2/h4-13,32H,3H2,1-2H3,(H,29,33)(H,34,35,36). The molecule has 0 saturated carbocycles. The molecule has 0 spiro atoms. The first-order valence-corrected chi connectivity index (χ1v) is 13.3. The molecule has 0 aromatic heterocycles. The van der Waals surface area contributed by atoms with Gasteiger partial charge in [0.15, 0.2) is 5.75 Å². The number of rotatable bonds is 7. The van der Waals surface area contributed by atoms with Crippen molar-refractivity contribution >= 4 is 67.1 Å². The number of amides is 1. The maximum Gasteiger partial charge on any atom is 0.294 e. The highest BCUT2D eigenvalue weighted by Gasteiger charge is 2.21. The molecule has 0 radical (unpaired) electrons. The quantitative estimate of drug-likeness (QED) is 0.156. The molecule has 0 bridgehead atoms. The van der Waals surface area contributed by atoms with Crippen molar-refractivity contribution in [3.63, 3.8) is 0 Å². The van der Waals surface area contributed by atoms with E-state index in [0.717, 1.165) is 0 Å². The van der Waals surface area contributed by atoms with Crippen LogP contribution < -0.4 is 10.1 Å². The Labute approximate surface area is 228 Å². The number of nitrogens with one attached hydrogen (secondary N) is 1. The largest absolute Gasteiger partial charge is 0.505 e. The van der Waals surface area contributed by atoms with Gasteiger partial charge in [0.25, 0.3) is 16.0 Å². The van der Waals surface area contributed by atoms with Gasteiger partial charge < -0.3 is 15.2 Å². The predicted octanol–water partition coefficient (Wildman–Crippen LogP) is 7.34. The summed E-state index contributed by atoms with van der Waals surface area (Å²) >= 11 is 12.5. The van der Waals surface area contributed by atoms with Crippen LogP contribution in [0.4, 0.5) is 17.1 Å².